The van der Waals surface area contributed by atoms with E-state index in [9.17, 15) is 0 Å². The molecule has 1 aliphatic rings. The number of hydrogen-bond acceptors (Lipinski definition) is 9. The van der Waals surface area contributed by atoms with E-state index in [1.807, 2.05) is 47.8 Å². The van der Waals surface area contributed by atoms with Crippen LogP contribution in [0.25, 0.3) is 11.3 Å². The van der Waals surface area contributed by atoms with Crippen LogP contribution >= 0.6 is 11.3 Å². The Hall–Kier alpha value is -3.46. The fourth-order valence-electron chi connectivity index (χ4n) is 3.48. The lowest BCUT2D eigenvalue weighted by molar-refractivity contribution is 0.517. The summed E-state index contributed by atoms with van der Waals surface area (Å²) < 4.78 is 5.40. The quantitative estimate of drug-likeness (QED) is 0.424. The number of benzene rings is 1. The summed E-state index contributed by atoms with van der Waals surface area (Å²) in [7, 11) is 0. The monoisotopic (exact) mass is 433 g/mol. The Morgan fingerprint density at radius 2 is 1.74 bits per heavy atom. The fourth-order valence-corrected chi connectivity index (χ4v) is 4.20. The summed E-state index contributed by atoms with van der Waals surface area (Å²) >= 11 is 1.53. The van der Waals surface area contributed by atoms with E-state index in [4.69, 9.17) is 9.40 Å². The molecule has 0 aliphatic carbocycles. The zero-order valence-electron chi connectivity index (χ0n) is 17.0. The van der Waals surface area contributed by atoms with Crippen LogP contribution in [0.5, 0.6) is 0 Å². The van der Waals surface area contributed by atoms with Crippen molar-refractivity contribution in [3.8, 4) is 11.3 Å². The minimum absolute atomic E-state index is 0.478. The van der Waals surface area contributed by atoms with Crippen molar-refractivity contribution >= 4 is 34.3 Å². The SMILES string of the molecule is c1ccc(-c2csc(Nc3nc(NCc4ccco4)nc(N4CCCCC4)n3)n2)cc1. The number of furan rings is 1. The molecule has 0 saturated carbocycles. The molecule has 158 valence electrons. The molecule has 4 heterocycles. The van der Waals surface area contributed by atoms with Gasteiger partial charge < -0.3 is 14.6 Å². The molecule has 3 aromatic heterocycles. The highest BCUT2D eigenvalue weighted by molar-refractivity contribution is 7.14. The lowest BCUT2D eigenvalue weighted by Crippen LogP contribution is -2.31. The Kier molecular flexibility index (Phi) is 5.74. The second kappa shape index (κ2) is 9.13. The van der Waals surface area contributed by atoms with E-state index in [0.717, 1.165) is 48.1 Å². The standard InChI is InChI=1S/C22H23N7OS/c1-3-8-16(9-4-1)18-15-31-22(24-18)28-20-25-19(23-14-17-10-7-13-30-17)26-21(27-20)29-11-5-2-6-12-29/h1,3-4,7-10,13,15H,2,5-6,11-12,14H2,(H2,23,24,25,26,27,28). The zero-order valence-corrected chi connectivity index (χ0v) is 17.8. The normalized spacial score (nSPS) is 13.9. The Balaban J connectivity index is 1.38. The summed E-state index contributed by atoms with van der Waals surface area (Å²) in [4.78, 5) is 20.8. The maximum Gasteiger partial charge on any atom is 0.235 e. The summed E-state index contributed by atoms with van der Waals surface area (Å²) in [6.07, 6.45) is 5.20. The molecule has 0 spiro atoms. The number of rotatable bonds is 7. The van der Waals surface area contributed by atoms with E-state index >= 15 is 0 Å². The van der Waals surface area contributed by atoms with Crippen LogP contribution in [0.15, 0.2) is 58.5 Å². The van der Waals surface area contributed by atoms with Crippen molar-refractivity contribution in [1.29, 1.82) is 0 Å². The van der Waals surface area contributed by atoms with Crippen LogP contribution in [0.1, 0.15) is 25.0 Å². The van der Waals surface area contributed by atoms with Gasteiger partial charge in [-0.1, -0.05) is 30.3 Å². The third-order valence-electron chi connectivity index (χ3n) is 5.06. The molecule has 8 nitrogen and oxygen atoms in total. The number of nitrogens with zero attached hydrogens (tertiary/aromatic N) is 5. The second-order valence-corrected chi connectivity index (χ2v) is 8.15. The first kappa shape index (κ1) is 19.5. The van der Waals surface area contributed by atoms with Crippen molar-refractivity contribution in [2.24, 2.45) is 0 Å². The minimum atomic E-state index is 0.478. The Morgan fingerprint density at radius 1 is 0.903 bits per heavy atom. The molecule has 5 rings (SSSR count). The molecular weight excluding hydrogens is 410 g/mol. The van der Waals surface area contributed by atoms with Crippen molar-refractivity contribution in [2.45, 2.75) is 25.8 Å². The first-order valence-corrected chi connectivity index (χ1v) is 11.3. The molecule has 2 N–H and O–H groups in total. The van der Waals surface area contributed by atoms with Gasteiger partial charge in [-0.05, 0) is 31.4 Å². The molecule has 0 unspecified atom stereocenters. The smallest absolute Gasteiger partial charge is 0.235 e. The number of nitrogens with one attached hydrogen (secondary N) is 2. The highest BCUT2D eigenvalue weighted by Gasteiger charge is 2.17. The van der Waals surface area contributed by atoms with E-state index in [1.54, 1.807) is 6.26 Å². The van der Waals surface area contributed by atoms with Gasteiger partial charge in [0.1, 0.15) is 5.76 Å². The molecule has 0 amide bonds. The molecule has 4 aromatic rings. The molecule has 1 aromatic carbocycles. The lowest BCUT2D eigenvalue weighted by Gasteiger charge is -2.26. The van der Waals surface area contributed by atoms with Gasteiger partial charge in [0, 0.05) is 24.0 Å². The molecule has 31 heavy (non-hydrogen) atoms. The van der Waals surface area contributed by atoms with Crippen LogP contribution in [0, 0.1) is 0 Å². The summed E-state index contributed by atoms with van der Waals surface area (Å²) in [6.45, 7) is 2.41. The van der Waals surface area contributed by atoms with Crippen LogP contribution in [-0.2, 0) is 6.54 Å². The Labute approximate surface area is 184 Å². The van der Waals surface area contributed by atoms with E-state index < -0.39 is 0 Å². The summed E-state index contributed by atoms with van der Waals surface area (Å²) in [5, 5.41) is 9.28. The van der Waals surface area contributed by atoms with E-state index in [0.29, 0.717) is 24.4 Å². The van der Waals surface area contributed by atoms with Crippen LogP contribution in [-0.4, -0.2) is 33.0 Å². The molecule has 1 aliphatic heterocycles. The van der Waals surface area contributed by atoms with Gasteiger partial charge in [0.15, 0.2) is 5.13 Å². The van der Waals surface area contributed by atoms with Gasteiger partial charge in [-0.25, -0.2) is 4.98 Å². The topological polar surface area (TPSA) is 92.0 Å². The van der Waals surface area contributed by atoms with Crippen molar-refractivity contribution in [3.05, 3.63) is 59.9 Å². The number of aromatic nitrogens is 4. The van der Waals surface area contributed by atoms with Gasteiger partial charge >= 0.3 is 0 Å². The maximum absolute atomic E-state index is 5.40. The van der Waals surface area contributed by atoms with Crippen LogP contribution < -0.4 is 15.5 Å². The maximum atomic E-state index is 5.40. The van der Waals surface area contributed by atoms with Gasteiger partial charge in [0.2, 0.25) is 17.8 Å². The summed E-state index contributed by atoms with van der Waals surface area (Å²) in [5.41, 5.74) is 2.01. The van der Waals surface area contributed by atoms with Gasteiger partial charge in [-0.15, -0.1) is 11.3 Å². The first-order valence-electron chi connectivity index (χ1n) is 10.4. The van der Waals surface area contributed by atoms with Crippen LogP contribution in [0.2, 0.25) is 0 Å². The lowest BCUT2D eigenvalue weighted by atomic mass is 10.1. The predicted octanol–water partition coefficient (Wildman–Crippen LogP) is 4.93. The molecule has 9 heteroatoms. The highest BCUT2D eigenvalue weighted by Crippen LogP contribution is 2.27. The molecular formula is C22H23N7OS. The van der Waals surface area contributed by atoms with E-state index in [-0.39, 0.29) is 0 Å². The summed E-state index contributed by atoms with van der Waals surface area (Å²) in [6, 6.07) is 13.9. The molecule has 0 atom stereocenters. The Bertz CT molecular complexity index is 1110. The average molecular weight is 434 g/mol. The van der Waals surface area contributed by atoms with Crippen molar-refractivity contribution in [2.75, 3.05) is 28.6 Å². The van der Waals surface area contributed by atoms with E-state index in [2.05, 4.69) is 30.5 Å². The van der Waals surface area contributed by atoms with Crippen molar-refractivity contribution in [1.82, 2.24) is 19.9 Å². The third-order valence-corrected chi connectivity index (χ3v) is 5.81. The molecule has 1 fully saturated rings. The van der Waals surface area contributed by atoms with E-state index in [1.165, 1.54) is 17.8 Å². The van der Waals surface area contributed by atoms with Gasteiger partial charge in [-0.2, -0.15) is 15.0 Å². The van der Waals surface area contributed by atoms with Gasteiger partial charge in [-0.3, -0.25) is 5.32 Å². The van der Waals surface area contributed by atoms with Crippen LogP contribution in [0.3, 0.4) is 0 Å². The molecule has 1 saturated heterocycles. The van der Waals surface area contributed by atoms with Crippen molar-refractivity contribution < 1.29 is 4.42 Å². The van der Waals surface area contributed by atoms with Crippen molar-refractivity contribution in [3.63, 3.8) is 0 Å². The number of thiazole rings is 1. The Morgan fingerprint density at radius 3 is 2.55 bits per heavy atom. The van der Waals surface area contributed by atoms with Gasteiger partial charge in [0.05, 0.1) is 18.5 Å². The minimum Gasteiger partial charge on any atom is -0.467 e. The number of piperidine rings is 1. The zero-order chi connectivity index (χ0) is 20.9. The molecule has 0 radical (unpaired) electrons. The number of hydrogen-bond donors (Lipinski definition) is 2. The average Bonchev–Trinajstić information content (AvgIpc) is 3.51. The van der Waals surface area contributed by atoms with Gasteiger partial charge in [0.25, 0.3) is 0 Å². The van der Waals surface area contributed by atoms with Crippen LogP contribution in [0.4, 0.5) is 23.0 Å². The second-order valence-electron chi connectivity index (χ2n) is 7.29. The third kappa shape index (κ3) is 4.83. The number of anilines is 4. The highest BCUT2D eigenvalue weighted by atomic mass is 32.1. The molecule has 0 bridgehead atoms. The predicted molar refractivity (Wildman–Crippen MR) is 123 cm³/mol. The largest absolute Gasteiger partial charge is 0.467 e. The summed E-state index contributed by atoms with van der Waals surface area (Å²) in [5.74, 6) is 2.49. The fraction of sp³-hybridized carbons (Fsp3) is 0.273. The first-order chi connectivity index (χ1) is 15.3.